The highest BCUT2D eigenvalue weighted by atomic mass is 16.5. The summed E-state index contributed by atoms with van der Waals surface area (Å²) in [4.78, 5) is 11.7. The first kappa shape index (κ1) is 14.2. The van der Waals surface area contributed by atoms with E-state index in [9.17, 15) is 4.79 Å². The van der Waals surface area contributed by atoms with E-state index in [0.717, 1.165) is 0 Å². The lowest BCUT2D eigenvalue weighted by Gasteiger charge is -2.09. The van der Waals surface area contributed by atoms with E-state index in [1.807, 2.05) is 12.1 Å². The second-order valence-corrected chi connectivity index (χ2v) is 3.88. The van der Waals surface area contributed by atoms with Crippen molar-refractivity contribution in [2.75, 3.05) is 19.0 Å². The Labute approximate surface area is 106 Å². The number of hydrogen-bond acceptors (Lipinski definition) is 4. The monoisotopic (exact) mass is 250 g/mol. The van der Waals surface area contributed by atoms with Crippen molar-refractivity contribution < 1.29 is 14.7 Å². The number of oxime groups is 1. The molecule has 5 nitrogen and oxygen atoms in total. The van der Waals surface area contributed by atoms with Crippen LogP contribution in [0.25, 0.3) is 0 Å². The molecule has 0 aromatic heterocycles. The number of anilines is 1. The van der Waals surface area contributed by atoms with E-state index in [0.29, 0.717) is 36.4 Å². The van der Waals surface area contributed by atoms with Gasteiger partial charge >= 0.3 is 0 Å². The summed E-state index contributed by atoms with van der Waals surface area (Å²) >= 11 is 0. The van der Waals surface area contributed by atoms with Crippen molar-refractivity contribution in [1.82, 2.24) is 0 Å². The number of nitrogens with one attached hydrogen (secondary N) is 1. The molecule has 5 heteroatoms. The number of amides is 1. The number of nitrogens with zero attached hydrogens (tertiary/aromatic N) is 1. The van der Waals surface area contributed by atoms with Crippen LogP contribution in [0.15, 0.2) is 29.4 Å². The first-order chi connectivity index (χ1) is 8.69. The maximum atomic E-state index is 11.7. The van der Waals surface area contributed by atoms with E-state index in [4.69, 9.17) is 9.94 Å². The highest BCUT2D eigenvalue weighted by molar-refractivity contribution is 6.06. The van der Waals surface area contributed by atoms with Crippen LogP contribution in [-0.4, -0.2) is 30.5 Å². The predicted molar refractivity (Wildman–Crippen MR) is 70.2 cm³/mol. The van der Waals surface area contributed by atoms with E-state index in [1.165, 1.54) is 0 Å². The third kappa shape index (κ3) is 4.18. The molecule has 0 fully saturated rings. The Morgan fingerprint density at radius 3 is 2.83 bits per heavy atom. The molecule has 0 saturated carbocycles. The Balaban J connectivity index is 2.69. The van der Waals surface area contributed by atoms with Crippen molar-refractivity contribution >= 4 is 17.3 Å². The molecule has 0 atom stereocenters. The molecule has 1 amide bonds. The zero-order valence-electron chi connectivity index (χ0n) is 10.6. The molecular formula is C13H18N2O3. The van der Waals surface area contributed by atoms with Crippen molar-refractivity contribution in [3.8, 4) is 0 Å². The fourth-order valence-electron chi connectivity index (χ4n) is 1.55. The Hall–Kier alpha value is -1.88. The molecule has 2 N–H and O–H groups in total. The zero-order valence-corrected chi connectivity index (χ0v) is 10.6. The molecule has 18 heavy (non-hydrogen) atoms. The zero-order chi connectivity index (χ0) is 13.4. The fourth-order valence-corrected chi connectivity index (χ4v) is 1.55. The molecule has 0 heterocycles. The minimum Gasteiger partial charge on any atom is -0.411 e. The van der Waals surface area contributed by atoms with Gasteiger partial charge in [-0.1, -0.05) is 23.4 Å². The average Bonchev–Trinajstić information content (AvgIpc) is 2.39. The van der Waals surface area contributed by atoms with Gasteiger partial charge in [0, 0.05) is 31.4 Å². The molecular weight excluding hydrogens is 232 g/mol. The van der Waals surface area contributed by atoms with Crippen molar-refractivity contribution in [3.05, 3.63) is 29.8 Å². The fraction of sp³-hybridized carbons (Fsp3) is 0.385. The molecule has 98 valence electrons. The molecule has 0 unspecified atom stereocenters. The summed E-state index contributed by atoms with van der Waals surface area (Å²) in [6.45, 7) is 2.24. The van der Waals surface area contributed by atoms with Gasteiger partial charge in [0.1, 0.15) is 0 Å². The van der Waals surface area contributed by atoms with Gasteiger partial charge in [0.15, 0.2) is 0 Å². The molecule has 0 saturated heterocycles. The van der Waals surface area contributed by atoms with Crippen LogP contribution >= 0.6 is 0 Å². The minimum atomic E-state index is -0.0785. The summed E-state index contributed by atoms with van der Waals surface area (Å²) in [7, 11) is 1.61. The number of rotatable bonds is 6. The maximum absolute atomic E-state index is 11.7. The van der Waals surface area contributed by atoms with Crippen LogP contribution in [0.4, 0.5) is 5.69 Å². The van der Waals surface area contributed by atoms with Crippen LogP contribution in [0.5, 0.6) is 0 Å². The van der Waals surface area contributed by atoms with Gasteiger partial charge in [0.05, 0.1) is 5.71 Å². The summed E-state index contributed by atoms with van der Waals surface area (Å²) in [5, 5.41) is 14.7. The smallest absolute Gasteiger partial charge is 0.224 e. The standard InChI is InChI=1S/C13H18N2O3/c1-10(15-17)11-6-3-4-7-12(11)14-13(16)8-5-9-18-2/h3-4,6-7,17H,5,8-9H2,1-2H3,(H,14,16). The Bertz CT molecular complexity index is 430. The van der Waals surface area contributed by atoms with Gasteiger partial charge in [-0.15, -0.1) is 0 Å². The van der Waals surface area contributed by atoms with E-state index in [2.05, 4.69) is 10.5 Å². The molecule has 0 aliphatic heterocycles. The molecule has 0 spiro atoms. The Morgan fingerprint density at radius 2 is 2.17 bits per heavy atom. The predicted octanol–water partition coefficient (Wildman–Crippen LogP) is 2.25. The first-order valence-corrected chi connectivity index (χ1v) is 5.76. The lowest BCUT2D eigenvalue weighted by Crippen LogP contribution is -2.14. The summed E-state index contributed by atoms with van der Waals surface area (Å²) in [5.41, 5.74) is 1.82. The Kier molecular flexibility index (Phi) is 5.87. The van der Waals surface area contributed by atoms with Gasteiger partial charge in [-0.3, -0.25) is 4.79 Å². The van der Waals surface area contributed by atoms with Gasteiger partial charge in [0.25, 0.3) is 0 Å². The third-order valence-corrected chi connectivity index (χ3v) is 2.49. The summed E-state index contributed by atoms with van der Waals surface area (Å²) in [6.07, 6.45) is 1.08. The number of methoxy groups -OCH3 is 1. The number of hydrogen-bond donors (Lipinski definition) is 2. The molecule has 0 radical (unpaired) electrons. The number of carbonyl (C=O) groups excluding carboxylic acids is 1. The van der Waals surface area contributed by atoms with E-state index in [-0.39, 0.29) is 5.91 Å². The van der Waals surface area contributed by atoms with Crippen LogP contribution in [0, 0.1) is 0 Å². The van der Waals surface area contributed by atoms with Gasteiger partial charge in [-0.2, -0.15) is 0 Å². The first-order valence-electron chi connectivity index (χ1n) is 5.76. The molecule has 0 aliphatic rings. The quantitative estimate of drug-likeness (QED) is 0.352. The van der Waals surface area contributed by atoms with Gasteiger partial charge < -0.3 is 15.3 Å². The van der Waals surface area contributed by atoms with Gasteiger partial charge in [0.2, 0.25) is 5.91 Å². The third-order valence-electron chi connectivity index (χ3n) is 2.49. The second-order valence-electron chi connectivity index (χ2n) is 3.88. The highest BCUT2D eigenvalue weighted by Crippen LogP contribution is 2.16. The summed E-state index contributed by atoms with van der Waals surface area (Å²) < 4.78 is 4.89. The molecule has 1 rings (SSSR count). The largest absolute Gasteiger partial charge is 0.411 e. The summed E-state index contributed by atoms with van der Waals surface area (Å²) in [5.74, 6) is -0.0785. The lowest BCUT2D eigenvalue weighted by molar-refractivity contribution is -0.116. The summed E-state index contributed by atoms with van der Waals surface area (Å²) in [6, 6.07) is 7.21. The maximum Gasteiger partial charge on any atom is 0.224 e. The normalized spacial score (nSPS) is 11.3. The van der Waals surface area contributed by atoms with Gasteiger partial charge in [-0.25, -0.2) is 0 Å². The van der Waals surface area contributed by atoms with Crippen LogP contribution < -0.4 is 5.32 Å². The molecule has 0 bridgehead atoms. The van der Waals surface area contributed by atoms with Crippen LogP contribution in [0.2, 0.25) is 0 Å². The van der Waals surface area contributed by atoms with Crippen molar-refractivity contribution in [2.45, 2.75) is 19.8 Å². The van der Waals surface area contributed by atoms with E-state index >= 15 is 0 Å². The lowest BCUT2D eigenvalue weighted by atomic mass is 10.1. The molecule has 1 aromatic carbocycles. The Morgan fingerprint density at radius 1 is 1.44 bits per heavy atom. The van der Waals surface area contributed by atoms with Crippen LogP contribution in [0.1, 0.15) is 25.3 Å². The molecule has 1 aromatic rings. The number of carbonyl (C=O) groups is 1. The van der Waals surface area contributed by atoms with E-state index < -0.39 is 0 Å². The average molecular weight is 250 g/mol. The topological polar surface area (TPSA) is 70.9 Å². The van der Waals surface area contributed by atoms with E-state index in [1.54, 1.807) is 26.2 Å². The van der Waals surface area contributed by atoms with Crippen molar-refractivity contribution in [2.24, 2.45) is 5.16 Å². The second kappa shape index (κ2) is 7.45. The van der Waals surface area contributed by atoms with Crippen molar-refractivity contribution in [3.63, 3.8) is 0 Å². The minimum absolute atomic E-state index is 0.0785. The van der Waals surface area contributed by atoms with Crippen LogP contribution in [-0.2, 0) is 9.53 Å². The van der Waals surface area contributed by atoms with Crippen molar-refractivity contribution in [1.29, 1.82) is 0 Å². The van der Waals surface area contributed by atoms with Gasteiger partial charge in [-0.05, 0) is 19.4 Å². The SMILES string of the molecule is COCCCC(=O)Nc1ccccc1C(C)=NO. The number of para-hydroxylation sites is 1. The number of ether oxygens (including phenoxy) is 1. The number of benzene rings is 1. The highest BCUT2D eigenvalue weighted by Gasteiger charge is 2.08. The molecule has 0 aliphatic carbocycles. The van der Waals surface area contributed by atoms with Crippen LogP contribution in [0.3, 0.4) is 0 Å².